The monoisotopic (exact) mass is 268 g/mol. The summed E-state index contributed by atoms with van der Waals surface area (Å²) in [6.07, 6.45) is 0. The van der Waals surface area contributed by atoms with Crippen molar-refractivity contribution in [3.63, 3.8) is 0 Å². The zero-order chi connectivity index (χ0) is 13.2. The average Bonchev–Trinajstić information content (AvgIpc) is 2.90. The van der Waals surface area contributed by atoms with E-state index in [4.69, 9.17) is 0 Å². The first-order chi connectivity index (χ1) is 9.24. The van der Waals surface area contributed by atoms with E-state index in [1.54, 1.807) is 11.3 Å². The van der Waals surface area contributed by atoms with Gasteiger partial charge in [0, 0.05) is 10.4 Å². The molecule has 19 heavy (non-hydrogen) atoms. The molecule has 0 radical (unpaired) electrons. The van der Waals surface area contributed by atoms with Crippen LogP contribution in [0.4, 0.5) is 4.39 Å². The molecular weight excluding hydrogens is 255 g/mol. The predicted octanol–water partition coefficient (Wildman–Crippen LogP) is 5.53. The van der Waals surface area contributed by atoms with E-state index in [1.165, 1.54) is 28.1 Å². The molecule has 0 aliphatic heterocycles. The SMILES string of the molecule is Cc1ccc(-c2sccc2-c2ccc(F)cc2)cc1. The molecule has 3 aromatic rings. The summed E-state index contributed by atoms with van der Waals surface area (Å²) in [7, 11) is 0. The van der Waals surface area contributed by atoms with Crippen LogP contribution < -0.4 is 0 Å². The molecule has 2 heteroatoms. The lowest BCUT2D eigenvalue weighted by atomic mass is 10.0. The van der Waals surface area contributed by atoms with Crippen molar-refractivity contribution in [2.24, 2.45) is 0 Å². The second-order valence-electron chi connectivity index (χ2n) is 4.54. The van der Waals surface area contributed by atoms with E-state index in [1.807, 2.05) is 12.1 Å². The Morgan fingerprint density at radius 1 is 0.789 bits per heavy atom. The number of benzene rings is 2. The molecule has 0 saturated heterocycles. The van der Waals surface area contributed by atoms with Crippen LogP contribution in [0, 0.1) is 12.7 Å². The van der Waals surface area contributed by atoms with Gasteiger partial charge in [0.15, 0.2) is 0 Å². The van der Waals surface area contributed by atoms with E-state index < -0.39 is 0 Å². The largest absolute Gasteiger partial charge is 0.207 e. The molecule has 0 N–H and O–H groups in total. The van der Waals surface area contributed by atoms with Crippen molar-refractivity contribution in [1.82, 2.24) is 0 Å². The Bertz CT molecular complexity index is 618. The highest BCUT2D eigenvalue weighted by Gasteiger charge is 2.08. The molecule has 0 aliphatic rings. The van der Waals surface area contributed by atoms with Crippen molar-refractivity contribution in [3.05, 3.63) is 71.4 Å². The summed E-state index contributed by atoms with van der Waals surface area (Å²) in [5.41, 5.74) is 4.68. The maximum absolute atomic E-state index is 13.0. The van der Waals surface area contributed by atoms with Gasteiger partial charge in [0.1, 0.15) is 5.82 Å². The molecule has 3 rings (SSSR count). The fraction of sp³-hybridized carbons (Fsp3) is 0.0588. The molecule has 2 aromatic carbocycles. The quantitative estimate of drug-likeness (QED) is 0.573. The fourth-order valence-electron chi connectivity index (χ4n) is 2.09. The van der Waals surface area contributed by atoms with Gasteiger partial charge in [-0.1, -0.05) is 42.0 Å². The molecule has 0 atom stereocenters. The van der Waals surface area contributed by atoms with Crippen LogP contribution in [0.25, 0.3) is 21.6 Å². The number of rotatable bonds is 2. The summed E-state index contributed by atoms with van der Waals surface area (Å²) in [5.74, 6) is -0.198. The van der Waals surface area contributed by atoms with Crippen molar-refractivity contribution in [1.29, 1.82) is 0 Å². The molecule has 0 spiro atoms. The first-order valence-corrected chi connectivity index (χ1v) is 7.02. The van der Waals surface area contributed by atoms with Crippen LogP contribution in [0.2, 0.25) is 0 Å². The number of thiophene rings is 1. The molecule has 0 saturated carbocycles. The Kier molecular flexibility index (Phi) is 3.18. The highest BCUT2D eigenvalue weighted by molar-refractivity contribution is 7.14. The van der Waals surface area contributed by atoms with Gasteiger partial charge in [-0.15, -0.1) is 11.3 Å². The number of aryl methyl sites for hydroxylation is 1. The van der Waals surface area contributed by atoms with Crippen LogP contribution in [0.15, 0.2) is 60.0 Å². The van der Waals surface area contributed by atoms with E-state index in [0.717, 1.165) is 11.1 Å². The highest BCUT2D eigenvalue weighted by atomic mass is 32.1. The van der Waals surface area contributed by atoms with Gasteiger partial charge in [-0.05, 0) is 41.6 Å². The normalized spacial score (nSPS) is 10.6. The molecule has 1 aromatic heterocycles. The van der Waals surface area contributed by atoms with Crippen molar-refractivity contribution in [2.75, 3.05) is 0 Å². The van der Waals surface area contributed by atoms with E-state index in [2.05, 4.69) is 42.6 Å². The number of hydrogen-bond donors (Lipinski definition) is 0. The minimum absolute atomic E-state index is 0.198. The van der Waals surface area contributed by atoms with Crippen molar-refractivity contribution >= 4 is 11.3 Å². The van der Waals surface area contributed by atoms with Crippen LogP contribution in [0.3, 0.4) is 0 Å². The zero-order valence-electron chi connectivity index (χ0n) is 10.6. The number of halogens is 1. The van der Waals surface area contributed by atoms with Gasteiger partial charge in [0.05, 0.1) is 0 Å². The topological polar surface area (TPSA) is 0 Å². The minimum atomic E-state index is -0.198. The third-order valence-electron chi connectivity index (χ3n) is 3.13. The molecule has 0 amide bonds. The number of hydrogen-bond acceptors (Lipinski definition) is 1. The summed E-state index contributed by atoms with van der Waals surface area (Å²) in [4.78, 5) is 1.23. The van der Waals surface area contributed by atoms with Gasteiger partial charge in [0.2, 0.25) is 0 Å². The van der Waals surface area contributed by atoms with Crippen molar-refractivity contribution < 1.29 is 4.39 Å². The van der Waals surface area contributed by atoms with Crippen LogP contribution in [0.5, 0.6) is 0 Å². The van der Waals surface area contributed by atoms with Crippen LogP contribution in [-0.4, -0.2) is 0 Å². The smallest absolute Gasteiger partial charge is 0.123 e. The Labute approximate surface area is 116 Å². The molecule has 0 fully saturated rings. The lowest BCUT2D eigenvalue weighted by Gasteiger charge is -2.05. The maximum Gasteiger partial charge on any atom is 0.123 e. The molecule has 94 valence electrons. The minimum Gasteiger partial charge on any atom is -0.207 e. The summed E-state index contributed by atoms with van der Waals surface area (Å²) < 4.78 is 13.0. The second kappa shape index (κ2) is 4.98. The molecular formula is C17H13FS. The molecule has 1 heterocycles. The lowest BCUT2D eigenvalue weighted by Crippen LogP contribution is -1.81. The van der Waals surface area contributed by atoms with Crippen molar-refractivity contribution in [2.45, 2.75) is 6.92 Å². The third-order valence-corrected chi connectivity index (χ3v) is 4.10. The maximum atomic E-state index is 13.0. The summed E-state index contributed by atoms with van der Waals surface area (Å²) in [5, 5.41) is 2.08. The van der Waals surface area contributed by atoms with E-state index >= 15 is 0 Å². The van der Waals surface area contributed by atoms with Gasteiger partial charge in [-0.25, -0.2) is 4.39 Å². The standard InChI is InChI=1S/C17H13FS/c1-12-2-4-14(5-3-12)17-16(10-11-19-17)13-6-8-15(18)9-7-13/h2-11H,1H3. The zero-order valence-corrected chi connectivity index (χ0v) is 11.4. The van der Waals surface area contributed by atoms with E-state index in [-0.39, 0.29) is 5.82 Å². The lowest BCUT2D eigenvalue weighted by molar-refractivity contribution is 0.628. The summed E-state index contributed by atoms with van der Waals surface area (Å²) in [6.45, 7) is 2.08. The third kappa shape index (κ3) is 2.45. The Morgan fingerprint density at radius 2 is 1.42 bits per heavy atom. The summed E-state index contributed by atoms with van der Waals surface area (Å²) in [6, 6.07) is 17.3. The molecule has 0 nitrogen and oxygen atoms in total. The van der Waals surface area contributed by atoms with E-state index in [0.29, 0.717) is 0 Å². The van der Waals surface area contributed by atoms with Crippen LogP contribution in [-0.2, 0) is 0 Å². The Morgan fingerprint density at radius 3 is 2.11 bits per heavy atom. The highest BCUT2D eigenvalue weighted by Crippen LogP contribution is 2.36. The van der Waals surface area contributed by atoms with E-state index in [9.17, 15) is 4.39 Å². The molecule has 0 aliphatic carbocycles. The fourth-order valence-corrected chi connectivity index (χ4v) is 3.02. The van der Waals surface area contributed by atoms with Crippen LogP contribution >= 0.6 is 11.3 Å². The predicted molar refractivity (Wildman–Crippen MR) is 79.9 cm³/mol. The van der Waals surface area contributed by atoms with Gasteiger partial charge in [-0.3, -0.25) is 0 Å². The van der Waals surface area contributed by atoms with Gasteiger partial charge >= 0.3 is 0 Å². The Balaban J connectivity index is 2.07. The summed E-state index contributed by atoms with van der Waals surface area (Å²) >= 11 is 1.71. The van der Waals surface area contributed by atoms with Crippen LogP contribution in [0.1, 0.15) is 5.56 Å². The average molecular weight is 268 g/mol. The molecule has 0 bridgehead atoms. The Hall–Kier alpha value is -1.93. The van der Waals surface area contributed by atoms with Gasteiger partial charge in [0.25, 0.3) is 0 Å². The van der Waals surface area contributed by atoms with Crippen molar-refractivity contribution in [3.8, 4) is 21.6 Å². The first-order valence-electron chi connectivity index (χ1n) is 6.14. The van der Waals surface area contributed by atoms with Gasteiger partial charge in [-0.2, -0.15) is 0 Å². The first kappa shape index (κ1) is 12.1. The molecule has 0 unspecified atom stereocenters. The second-order valence-corrected chi connectivity index (χ2v) is 5.45. The van der Waals surface area contributed by atoms with Gasteiger partial charge < -0.3 is 0 Å².